The number of ether oxygens (including phenoxy) is 1. The molecule has 14 heavy (non-hydrogen) atoms. The van der Waals surface area contributed by atoms with Crippen LogP contribution in [0.25, 0.3) is 0 Å². The van der Waals surface area contributed by atoms with Crippen LogP contribution in [-0.4, -0.2) is 23.7 Å². The van der Waals surface area contributed by atoms with Crippen molar-refractivity contribution in [1.29, 1.82) is 0 Å². The number of anilines is 1. The zero-order chi connectivity index (χ0) is 10.1. The lowest BCUT2D eigenvalue weighted by Crippen LogP contribution is -2.38. The molecule has 0 aliphatic carbocycles. The van der Waals surface area contributed by atoms with Gasteiger partial charge in [-0.25, -0.2) is 9.18 Å². The van der Waals surface area contributed by atoms with Crippen LogP contribution in [0, 0.1) is 5.82 Å². The highest BCUT2D eigenvalue weighted by molar-refractivity contribution is 5.79. The molecule has 1 aliphatic rings. The average molecular weight is 197 g/mol. The average Bonchev–Trinajstić information content (AvgIpc) is 2.18. The van der Waals surface area contributed by atoms with Gasteiger partial charge in [0.25, 0.3) is 0 Å². The number of carboxylic acid groups (broad SMARTS) is 1. The molecular weight excluding hydrogens is 189 g/mol. The molecule has 0 saturated heterocycles. The number of para-hydroxylation sites is 1. The number of hydrogen-bond acceptors (Lipinski definition) is 3. The lowest BCUT2D eigenvalue weighted by molar-refractivity contribution is -0.138. The van der Waals surface area contributed by atoms with Crippen LogP contribution in [-0.2, 0) is 4.79 Å². The van der Waals surface area contributed by atoms with Crippen LogP contribution in [0.5, 0.6) is 5.75 Å². The van der Waals surface area contributed by atoms with Gasteiger partial charge in [0.1, 0.15) is 23.9 Å². The molecule has 1 unspecified atom stereocenters. The molecular formula is C9H8FNO3. The third-order valence-corrected chi connectivity index (χ3v) is 2.00. The van der Waals surface area contributed by atoms with Crippen molar-refractivity contribution in [3.05, 3.63) is 24.0 Å². The minimum Gasteiger partial charge on any atom is -0.489 e. The number of benzene rings is 1. The van der Waals surface area contributed by atoms with Gasteiger partial charge in [-0.1, -0.05) is 6.07 Å². The first-order valence-electron chi connectivity index (χ1n) is 4.09. The monoisotopic (exact) mass is 197 g/mol. The van der Waals surface area contributed by atoms with Crippen LogP contribution in [0.2, 0.25) is 0 Å². The van der Waals surface area contributed by atoms with Crippen LogP contribution in [0.1, 0.15) is 0 Å². The van der Waals surface area contributed by atoms with E-state index in [4.69, 9.17) is 9.84 Å². The summed E-state index contributed by atoms with van der Waals surface area (Å²) >= 11 is 0. The summed E-state index contributed by atoms with van der Waals surface area (Å²) in [6, 6.07) is 3.46. The highest BCUT2D eigenvalue weighted by Crippen LogP contribution is 2.30. The Kier molecular flexibility index (Phi) is 1.99. The first kappa shape index (κ1) is 8.80. The summed E-state index contributed by atoms with van der Waals surface area (Å²) in [6.07, 6.45) is 0. The summed E-state index contributed by atoms with van der Waals surface area (Å²) in [6.45, 7) is 0.00574. The van der Waals surface area contributed by atoms with Gasteiger partial charge in [-0.15, -0.1) is 0 Å². The van der Waals surface area contributed by atoms with Crippen LogP contribution in [0.4, 0.5) is 10.1 Å². The fourth-order valence-electron chi connectivity index (χ4n) is 1.29. The van der Waals surface area contributed by atoms with Crippen molar-refractivity contribution in [2.75, 3.05) is 11.9 Å². The number of nitrogens with one attached hydrogen (secondary N) is 1. The van der Waals surface area contributed by atoms with E-state index in [1.165, 1.54) is 12.1 Å². The van der Waals surface area contributed by atoms with Gasteiger partial charge in [0.15, 0.2) is 6.04 Å². The molecule has 0 radical (unpaired) electrons. The normalized spacial score (nSPS) is 19.1. The molecule has 1 atom stereocenters. The smallest absolute Gasteiger partial charge is 0.329 e. The lowest BCUT2D eigenvalue weighted by Gasteiger charge is -2.24. The Morgan fingerprint density at radius 3 is 3.14 bits per heavy atom. The van der Waals surface area contributed by atoms with Crippen molar-refractivity contribution in [3.8, 4) is 5.75 Å². The van der Waals surface area contributed by atoms with Crippen molar-refractivity contribution in [1.82, 2.24) is 0 Å². The molecule has 2 N–H and O–H groups in total. The molecule has 1 heterocycles. The molecule has 0 amide bonds. The van der Waals surface area contributed by atoms with Crippen molar-refractivity contribution >= 4 is 11.7 Å². The van der Waals surface area contributed by atoms with Crippen molar-refractivity contribution < 1.29 is 19.0 Å². The zero-order valence-corrected chi connectivity index (χ0v) is 7.16. The Morgan fingerprint density at radius 1 is 1.64 bits per heavy atom. The summed E-state index contributed by atoms with van der Waals surface area (Å²) in [5.74, 6) is -1.21. The molecule has 1 aromatic rings. The summed E-state index contributed by atoms with van der Waals surface area (Å²) in [7, 11) is 0. The fourth-order valence-corrected chi connectivity index (χ4v) is 1.29. The van der Waals surface area contributed by atoms with Gasteiger partial charge >= 0.3 is 5.97 Å². The predicted octanol–water partition coefficient (Wildman–Crippen LogP) is 1.08. The van der Waals surface area contributed by atoms with Crippen molar-refractivity contribution in [3.63, 3.8) is 0 Å². The van der Waals surface area contributed by atoms with Gasteiger partial charge in [0.2, 0.25) is 0 Å². The number of halogens is 1. The lowest BCUT2D eigenvalue weighted by atomic mass is 10.2. The SMILES string of the molecule is O=C(O)C1COc2cccc(F)c2N1. The van der Waals surface area contributed by atoms with E-state index in [2.05, 4.69) is 5.32 Å². The van der Waals surface area contributed by atoms with Gasteiger partial charge < -0.3 is 15.2 Å². The second kappa shape index (κ2) is 3.17. The summed E-state index contributed by atoms with van der Waals surface area (Å²) in [4.78, 5) is 10.6. The second-order valence-electron chi connectivity index (χ2n) is 2.96. The van der Waals surface area contributed by atoms with Crippen LogP contribution in [0.3, 0.4) is 0 Å². The molecule has 74 valence electrons. The first-order valence-corrected chi connectivity index (χ1v) is 4.09. The predicted molar refractivity (Wildman–Crippen MR) is 46.9 cm³/mol. The zero-order valence-electron chi connectivity index (χ0n) is 7.16. The number of aliphatic carboxylic acids is 1. The number of rotatable bonds is 1. The molecule has 0 aromatic heterocycles. The third-order valence-electron chi connectivity index (χ3n) is 2.00. The Labute approximate surface area is 79.3 Å². The van der Waals surface area contributed by atoms with Gasteiger partial charge in [-0.2, -0.15) is 0 Å². The van der Waals surface area contributed by atoms with Gasteiger partial charge in [0.05, 0.1) is 0 Å². The number of carbonyl (C=O) groups is 1. The second-order valence-corrected chi connectivity index (χ2v) is 2.96. The highest BCUT2D eigenvalue weighted by atomic mass is 19.1. The standard InChI is InChI=1S/C9H8FNO3/c10-5-2-1-3-7-8(5)11-6(4-14-7)9(12)13/h1-3,6,11H,4H2,(H,12,13). The van der Waals surface area contributed by atoms with Crippen LogP contribution in [0.15, 0.2) is 18.2 Å². The topological polar surface area (TPSA) is 58.6 Å². The van der Waals surface area contributed by atoms with Crippen LogP contribution >= 0.6 is 0 Å². The van der Waals surface area contributed by atoms with E-state index in [9.17, 15) is 9.18 Å². The molecule has 5 heteroatoms. The van der Waals surface area contributed by atoms with E-state index < -0.39 is 17.8 Å². The molecule has 0 fully saturated rings. The molecule has 4 nitrogen and oxygen atoms in total. The van der Waals surface area contributed by atoms with Crippen molar-refractivity contribution in [2.24, 2.45) is 0 Å². The maximum Gasteiger partial charge on any atom is 0.329 e. The minimum absolute atomic E-state index is 0.00574. The summed E-state index contributed by atoms with van der Waals surface area (Å²) in [5, 5.41) is 11.3. The molecule has 1 aromatic carbocycles. The van der Waals surface area contributed by atoms with Crippen LogP contribution < -0.4 is 10.1 Å². The first-order chi connectivity index (χ1) is 6.68. The quantitative estimate of drug-likeness (QED) is 0.707. The maximum atomic E-state index is 13.2. The number of carboxylic acids is 1. The number of fused-ring (bicyclic) bond motifs is 1. The van der Waals surface area contributed by atoms with E-state index in [0.717, 1.165) is 0 Å². The highest BCUT2D eigenvalue weighted by Gasteiger charge is 2.26. The van der Waals surface area contributed by atoms with E-state index >= 15 is 0 Å². The molecule has 0 spiro atoms. The van der Waals surface area contributed by atoms with Gasteiger partial charge in [-0.3, -0.25) is 0 Å². The fraction of sp³-hybridized carbons (Fsp3) is 0.222. The third kappa shape index (κ3) is 1.37. The van der Waals surface area contributed by atoms with Gasteiger partial charge in [-0.05, 0) is 12.1 Å². The Bertz CT molecular complexity index is 380. The molecule has 0 bridgehead atoms. The summed E-state index contributed by atoms with van der Waals surface area (Å²) < 4.78 is 18.3. The Hall–Kier alpha value is -1.78. The maximum absolute atomic E-state index is 13.2. The van der Waals surface area contributed by atoms with E-state index in [-0.39, 0.29) is 12.3 Å². The van der Waals surface area contributed by atoms with E-state index in [1.54, 1.807) is 6.07 Å². The molecule has 0 saturated carbocycles. The van der Waals surface area contributed by atoms with Gasteiger partial charge in [0, 0.05) is 0 Å². The largest absolute Gasteiger partial charge is 0.489 e. The van der Waals surface area contributed by atoms with Crippen molar-refractivity contribution in [2.45, 2.75) is 6.04 Å². The number of hydrogen-bond donors (Lipinski definition) is 2. The Balaban J connectivity index is 2.33. The minimum atomic E-state index is -1.06. The molecule has 2 rings (SSSR count). The van der Waals surface area contributed by atoms with E-state index in [0.29, 0.717) is 5.75 Å². The van der Waals surface area contributed by atoms with E-state index in [1.807, 2.05) is 0 Å². The summed E-state index contributed by atoms with van der Waals surface area (Å²) in [5.41, 5.74) is 0.117. The Morgan fingerprint density at radius 2 is 2.43 bits per heavy atom. The molecule has 1 aliphatic heterocycles.